The number of aryl methyl sites for hydroxylation is 2. The molecule has 0 aliphatic rings. The van der Waals surface area contributed by atoms with Crippen LogP contribution < -0.4 is 9.47 Å². The maximum absolute atomic E-state index is 5.90. The molecule has 1 heterocycles. The molecule has 0 bridgehead atoms. The molecule has 0 saturated heterocycles. The molecule has 0 radical (unpaired) electrons. The van der Waals surface area contributed by atoms with Crippen LogP contribution in [0.5, 0.6) is 11.5 Å². The van der Waals surface area contributed by atoms with Gasteiger partial charge >= 0.3 is 0 Å². The first kappa shape index (κ1) is 24.2. The van der Waals surface area contributed by atoms with Gasteiger partial charge in [-0.3, -0.25) is 0 Å². The zero-order valence-corrected chi connectivity index (χ0v) is 18.2. The van der Waals surface area contributed by atoms with Gasteiger partial charge in [-0.1, -0.05) is 13.8 Å². The number of thiophene rings is 1. The molecule has 0 aliphatic carbocycles. The van der Waals surface area contributed by atoms with Gasteiger partial charge in [0.1, 0.15) is 13.2 Å². The Balaban J connectivity index is 2.21. The van der Waals surface area contributed by atoms with E-state index in [1.807, 2.05) is 13.8 Å². The predicted molar refractivity (Wildman–Crippen MR) is 109 cm³/mol. The lowest BCUT2D eigenvalue weighted by atomic mass is 10.4. The Labute approximate surface area is 168 Å². The highest BCUT2D eigenvalue weighted by Crippen LogP contribution is 2.41. The van der Waals surface area contributed by atoms with Crippen LogP contribution in [-0.2, 0) is 18.9 Å². The Hall–Kier alpha value is -0.860. The summed E-state index contributed by atoms with van der Waals surface area (Å²) in [6.07, 6.45) is 2.06. The molecule has 1 aromatic heterocycles. The number of hydrogen-bond acceptors (Lipinski definition) is 7. The molecule has 0 saturated carbocycles. The van der Waals surface area contributed by atoms with Crippen molar-refractivity contribution in [3.8, 4) is 11.5 Å². The predicted octanol–water partition coefficient (Wildman–Crippen LogP) is 4.01. The largest absolute Gasteiger partial charge is 0.486 e. The number of rotatable bonds is 18. The van der Waals surface area contributed by atoms with Crippen molar-refractivity contribution in [1.82, 2.24) is 0 Å². The molecule has 0 spiro atoms. The summed E-state index contributed by atoms with van der Waals surface area (Å²) in [5.41, 5.74) is 0. The van der Waals surface area contributed by atoms with E-state index in [2.05, 4.69) is 13.8 Å². The van der Waals surface area contributed by atoms with Gasteiger partial charge < -0.3 is 28.4 Å². The molecule has 7 heteroatoms. The molecule has 0 unspecified atom stereocenters. The third-order valence-corrected chi connectivity index (χ3v) is 4.52. The van der Waals surface area contributed by atoms with Crippen molar-refractivity contribution < 1.29 is 28.4 Å². The number of ether oxygens (including phenoxy) is 6. The molecule has 27 heavy (non-hydrogen) atoms. The van der Waals surface area contributed by atoms with Gasteiger partial charge in [0, 0.05) is 23.0 Å². The van der Waals surface area contributed by atoms with Crippen LogP contribution in [0.4, 0.5) is 0 Å². The van der Waals surface area contributed by atoms with Gasteiger partial charge in [0.25, 0.3) is 0 Å². The fraction of sp³-hybridized carbons (Fsp3) is 0.800. The van der Waals surface area contributed by atoms with E-state index in [4.69, 9.17) is 28.4 Å². The Bertz CT molecular complexity index is 437. The highest BCUT2D eigenvalue weighted by molar-refractivity contribution is 7.12. The van der Waals surface area contributed by atoms with E-state index in [9.17, 15) is 0 Å². The summed E-state index contributed by atoms with van der Waals surface area (Å²) in [7, 11) is 0. The maximum atomic E-state index is 5.90. The molecule has 0 aromatic carbocycles. The quantitative estimate of drug-likeness (QED) is 0.345. The van der Waals surface area contributed by atoms with E-state index < -0.39 is 0 Å². The molecule has 0 amide bonds. The average Bonchev–Trinajstić information content (AvgIpc) is 2.92. The van der Waals surface area contributed by atoms with E-state index in [0.717, 1.165) is 47.3 Å². The van der Waals surface area contributed by atoms with E-state index in [1.54, 1.807) is 11.3 Å². The van der Waals surface area contributed by atoms with E-state index in [1.165, 1.54) is 0 Å². The zero-order valence-electron chi connectivity index (χ0n) is 17.3. The maximum Gasteiger partial charge on any atom is 0.175 e. The van der Waals surface area contributed by atoms with Crippen LogP contribution in [0, 0.1) is 13.8 Å². The molecule has 158 valence electrons. The molecule has 1 rings (SSSR count). The highest BCUT2D eigenvalue weighted by atomic mass is 32.1. The monoisotopic (exact) mass is 404 g/mol. The minimum atomic E-state index is 0.492. The summed E-state index contributed by atoms with van der Waals surface area (Å²) in [6.45, 7) is 14.3. The van der Waals surface area contributed by atoms with Gasteiger partial charge in [0.2, 0.25) is 0 Å². The Morgan fingerprint density at radius 2 is 0.852 bits per heavy atom. The van der Waals surface area contributed by atoms with Crippen molar-refractivity contribution in [2.24, 2.45) is 0 Å². The molecule has 0 fully saturated rings. The minimum absolute atomic E-state index is 0.492. The lowest BCUT2D eigenvalue weighted by Gasteiger charge is -2.12. The summed E-state index contributed by atoms with van der Waals surface area (Å²) in [5, 5.41) is 0. The van der Waals surface area contributed by atoms with Crippen molar-refractivity contribution >= 4 is 11.3 Å². The van der Waals surface area contributed by atoms with Crippen LogP contribution in [0.25, 0.3) is 0 Å². The first-order valence-corrected chi connectivity index (χ1v) is 10.7. The van der Waals surface area contributed by atoms with E-state index in [-0.39, 0.29) is 0 Å². The lowest BCUT2D eigenvalue weighted by Crippen LogP contribution is -2.13. The second-order valence-corrected chi connectivity index (χ2v) is 7.45. The minimum Gasteiger partial charge on any atom is -0.486 e. The summed E-state index contributed by atoms with van der Waals surface area (Å²) in [6, 6.07) is 0. The van der Waals surface area contributed by atoms with Gasteiger partial charge in [0.15, 0.2) is 11.5 Å². The molecule has 0 N–H and O–H groups in total. The molecule has 0 aliphatic heterocycles. The van der Waals surface area contributed by atoms with Crippen molar-refractivity contribution in [2.45, 2.75) is 40.5 Å². The van der Waals surface area contributed by atoms with Crippen molar-refractivity contribution in [3.63, 3.8) is 0 Å². The van der Waals surface area contributed by atoms with Crippen LogP contribution in [0.2, 0.25) is 0 Å². The molecule has 0 atom stereocenters. The fourth-order valence-corrected chi connectivity index (χ4v) is 3.26. The average molecular weight is 405 g/mol. The van der Waals surface area contributed by atoms with Crippen LogP contribution in [0.1, 0.15) is 36.4 Å². The van der Waals surface area contributed by atoms with E-state index in [0.29, 0.717) is 52.9 Å². The Morgan fingerprint density at radius 3 is 1.22 bits per heavy atom. The second-order valence-electron chi connectivity index (χ2n) is 6.02. The van der Waals surface area contributed by atoms with Crippen molar-refractivity contribution in [2.75, 3.05) is 66.1 Å². The van der Waals surface area contributed by atoms with Crippen LogP contribution >= 0.6 is 11.3 Å². The Morgan fingerprint density at radius 1 is 0.519 bits per heavy atom. The van der Waals surface area contributed by atoms with Crippen molar-refractivity contribution in [1.29, 1.82) is 0 Å². The lowest BCUT2D eigenvalue weighted by molar-refractivity contribution is 0.0333. The van der Waals surface area contributed by atoms with Crippen LogP contribution in [0.15, 0.2) is 0 Å². The van der Waals surface area contributed by atoms with Gasteiger partial charge in [-0.15, -0.1) is 11.3 Å². The van der Waals surface area contributed by atoms with Gasteiger partial charge in [-0.25, -0.2) is 0 Å². The van der Waals surface area contributed by atoms with Gasteiger partial charge in [-0.2, -0.15) is 0 Å². The first-order chi connectivity index (χ1) is 13.2. The molecular weight excluding hydrogens is 368 g/mol. The summed E-state index contributed by atoms with van der Waals surface area (Å²) >= 11 is 1.68. The van der Waals surface area contributed by atoms with E-state index >= 15 is 0 Å². The topological polar surface area (TPSA) is 55.4 Å². The second kappa shape index (κ2) is 16.1. The van der Waals surface area contributed by atoms with Gasteiger partial charge in [-0.05, 0) is 26.7 Å². The normalized spacial score (nSPS) is 11.1. The SMILES string of the molecule is CCCOCCOCCOc1c(C)sc(C)c1OCCOCCOCCC. The molecule has 1 aromatic rings. The van der Waals surface area contributed by atoms with Crippen molar-refractivity contribution in [3.05, 3.63) is 9.75 Å². The fourth-order valence-electron chi connectivity index (χ4n) is 2.31. The third kappa shape index (κ3) is 10.9. The van der Waals surface area contributed by atoms with Crippen LogP contribution in [-0.4, -0.2) is 66.1 Å². The first-order valence-electron chi connectivity index (χ1n) is 9.87. The third-order valence-electron chi connectivity index (χ3n) is 3.54. The zero-order chi connectivity index (χ0) is 19.7. The summed E-state index contributed by atoms with van der Waals surface area (Å²) in [4.78, 5) is 2.23. The highest BCUT2D eigenvalue weighted by Gasteiger charge is 2.16. The smallest absolute Gasteiger partial charge is 0.175 e. The Kier molecular flexibility index (Phi) is 14.4. The summed E-state index contributed by atoms with van der Waals surface area (Å²) < 4.78 is 33.6. The standard InChI is InChI=1S/C20H36O6S/c1-5-7-21-9-11-23-13-15-25-19-17(3)27-18(4)20(19)26-16-14-24-12-10-22-8-6-2/h5-16H2,1-4H3. The molecular formula is C20H36O6S. The summed E-state index contributed by atoms with van der Waals surface area (Å²) in [5.74, 6) is 1.63. The van der Waals surface area contributed by atoms with Gasteiger partial charge in [0.05, 0.1) is 39.6 Å². The molecule has 6 nitrogen and oxygen atoms in total. The van der Waals surface area contributed by atoms with Crippen LogP contribution in [0.3, 0.4) is 0 Å². The number of hydrogen-bond donors (Lipinski definition) is 0.